The Hall–Kier alpha value is -1.22. The van der Waals surface area contributed by atoms with Crippen molar-refractivity contribution in [3.8, 4) is 0 Å². The molecule has 1 unspecified atom stereocenters. The summed E-state index contributed by atoms with van der Waals surface area (Å²) in [6.45, 7) is 3.62. The summed E-state index contributed by atoms with van der Waals surface area (Å²) in [6.07, 6.45) is 1.84. The van der Waals surface area contributed by atoms with Gasteiger partial charge in [-0.3, -0.25) is 14.2 Å². The third-order valence-corrected chi connectivity index (χ3v) is 6.71. The van der Waals surface area contributed by atoms with Crippen LogP contribution in [0.25, 0.3) is 0 Å². The molecule has 126 valence electrons. The van der Waals surface area contributed by atoms with Crippen LogP contribution in [0.2, 0.25) is 0 Å². The van der Waals surface area contributed by atoms with Crippen LogP contribution >= 0.6 is 31.9 Å². The van der Waals surface area contributed by atoms with Crippen molar-refractivity contribution in [2.75, 3.05) is 6.61 Å². The van der Waals surface area contributed by atoms with Crippen molar-refractivity contribution >= 4 is 43.8 Å². The number of ether oxygens (including phenoxy) is 1. The van der Waals surface area contributed by atoms with E-state index in [-0.39, 0.29) is 24.6 Å². The van der Waals surface area contributed by atoms with E-state index >= 15 is 0 Å². The van der Waals surface area contributed by atoms with Gasteiger partial charge in [-0.15, -0.1) is 0 Å². The Morgan fingerprint density at radius 3 is 2.83 bits per heavy atom. The Morgan fingerprint density at radius 1 is 1.61 bits per heavy atom. The van der Waals surface area contributed by atoms with Crippen LogP contribution in [0, 0.1) is 0 Å². The molecule has 0 saturated carbocycles. The standard InChI is InChI=1S/C14H16Br2N2O5/c1-3-23-13(22)8-6-17-9-5-14(16,10(15)12(20)21)4-7(2)18(9)11(8)19/h6-7,10H,3-5H2,1-2H3,(H,20,21)/t7?,10-,14+/m0/s1. The number of carboxylic acid groups (broad SMARTS) is 1. The fraction of sp³-hybridized carbons (Fsp3) is 0.571. The van der Waals surface area contributed by atoms with Gasteiger partial charge in [0.15, 0.2) is 0 Å². The van der Waals surface area contributed by atoms with Gasteiger partial charge in [-0.2, -0.15) is 0 Å². The number of carbonyl (C=O) groups is 2. The van der Waals surface area contributed by atoms with Crippen LogP contribution in [0.1, 0.15) is 42.5 Å². The van der Waals surface area contributed by atoms with E-state index in [4.69, 9.17) is 4.74 Å². The zero-order valence-electron chi connectivity index (χ0n) is 12.6. The van der Waals surface area contributed by atoms with E-state index in [9.17, 15) is 19.5 Å². The van der Waals surface area contributed by atoms with Crippen LogP contribution in [0.3, 0.4) is 0 Å². The second-order valence-electron chi connectivity index (χ2n) is 5.45. The highest BCUT2D eigenvalue weighted by molar-refractivity contribution is 9.12. The summed E-state index contributed by atoms with van der Waals surface area (Å²) < 4.78 is 5.54. The normalized spacial score (nSPS) is 24.6. The molecule has 0 bridgehead atoms. The minimum absolute atomic E-state index is 0.113. The molecule has 23 heavy (non-hydrogen) atoms. The van der Waals surface area contributed by atoms with Gasteiger partial charge in [0.05, 0.1) is 10.9 Å². The van der Waals surface area contributed by atoms with Gasteiger partial charge in [-0.25, -0.2) is 9.78 Å². The van der Waals surface area contributed by atoms with Crippen LogP contribution in [-0.2, 0) is 16.0 Å². The van der Waals surface area contributed by atoms with Gasteiger partial charge in [0.2, 0.25) is 0 Å². The number of hydrogen-bond acceptors (Lipinski definition) is 5. The van der Waals surface area contributed by atoms with Crippen LogP contribution in [0.4, 0.5) is 0 Å². The first-order valence-corrected chi connectivity index (χ1v) is 8.75. The van der Waals surface area contributed by atoms with Crippen molar-refractivity contribution in [2.24, 2.45) is 0 Å². The number of esters is 1. The maximum atomic E-state index is 12.5. The zero-order valence-corrected chi connectivity index (χ0v) is 15.8. The first-order valence-electron chi connectivity index (χ1n) is 7.04. The SMILES string of the molecule is CCOC(=O)c1cnc2n(c1=O)C(C)C[C@](Br)([C@@H](Br)C(=O)O)C2. The van der Waals surface area contributed by atoms with E-state index in [0.29, 0.717) is 12.2 Å². The third-order valence-electron chi connectivity index (χ3n) is 3.76. The average Bonchev–Trinajstić information content (AvgIpc) is 2.46. The average molecular weight is 452 g/mol. The minimum Gasteiger partial charge on any atom is -0.480 e. The molecule has 0 fully saturated rings. The molecule has 3 atom stereocenters. The molecule has 1 aliphatic heterocycles. The highest BCUT2D eigenvalue weighted by Crippen LogP contribution is 2.42. The highest BCUT2D eigenvalue weighted by atomic mass is 79.9. The molecule has 0 spiro atoms. The number of halogens is 2. The Bertz CT molecular complexity index is 705. The molecule has 9 heteroatoms. The molecule has 0 saturated heterocycles. The molecule has 0 radical (unpaired) electrons. The van der Waals surface area contributed by atoms with Crippen LogP contribution in [-0.4, -0.2) is 42.4 Å². The fourth-order valence-electron chi connectivity index (χ4n) is 2.77. The molecule has 2 heterocycles. The number of carbonyl (C=O) groups excluding carboxylic acids is 1. The molecule has 0 aromatic carbocycles. The maximum absolute atomic E-state index is 12.5. The molecule has 0 aliphatic carbocycles. The summed E-state index contributed by atoms with van der Waals surface area (Å²) in [7, 11) is 0. The lowest BCUT2D eigenvalue weighted by Crippen LogP contribution is -2.48. The van der Waals surface area contributed by atoms with Crippen molar-refractivity contribution in [3.63, 3.8) is 0 Å². The first-order chi connectivity index (χ1) is 10.7. The van der Waals surface area contributed by atoms with Crippen LogP contribution in [0.5, 0.6) is 0 Å². The third kappa shape index (κ3) is 3.35. The molecule has 1 aromatic heterocycles. The fourth-order valence-corrected chi connectivity index (χ4v) is 4.03. The van der Waals surface area contributed by atoms with Crippen molar-refractivity contribution < 1.29 is 19.4 Å². The lowest BCUT2D eigenvalue weighted by Gasteiger charge is -2.38. The molecule has 1 aromatic rings. The van der Waals surface area contributed by atoms with Gasteiger partial charge in [0.1, 0.15) is 16.2 Å². The second-order valence-corrected chi connectivity index (χ2v) is 7.94. The molecular formula is C14H16Br2N2O5. The molecule has 1 aliphatic rings. The van der Waals surface area contributed by atoms with Crippen LogP contribution in [0.15, 0.2) is 11.0 Å². The van der Waals surface area contributed by atoms with Crippen molar-refractivity contribution in [1.82, 2.24) is 9.55 Å². The largest absolute Gasteiger partial charge is 0.480 e. The number of nitrogens with zero attached hydrogens (tertiary/aromatic N) is 2. The Balaban J connectivity index is 2.46. The van der Waals surface area contributed by atoms with E-state index in [1.54, 1.807) is 13.8 Å². The topological polar surface area (TPSA) is 98.5 Å². The van der Waals surface area contributed by atoms with Gasteiger partial charge in [-0.1, -0.05) is 31.9 Å². The molecule has 2 rings (SSSR count). The number of fused-ring (bicyclic) bond motifs is 1. The maximum Gasteiger partial charge on any atom is 0.345 e. The van der Waals surface area contributed by atoms with Gasteiger partial charge in [0, 0.05) is 18.7 Å². The second kappa shape index (κ2) is 6.72. The molecule has 1 N–H and O–H groups in total. The lowest BCUT2D eigenvalue weighted by molar-refractivity contribution is -0.136. The van der Waals surface area contributed by atoms with Crippen molar-refractivity contribution in [1.29, 1.82) is 0 Å². The molecule has 0 amide bonds. The van der Waals surface area contributed by atoms with E-state index in [0.717, 1.165) is 0 Å². The number of hydrogen-bond donors (Lipinski definition) is 1. The summed E-state index contributed by atoms with van der Waals surface area (Å²) in [5.41, 5.74) is -0.574. The smallest absolute Gasteiger partial charge is 0.345 e. The molecule has 7 nitrogen and oxygen atoms in total. The number of carboxylic acids is 1. The van der Waals surface area contributed by atoms with Crippen LogP contribution < -0.4 is 5.56 Å². The summed E-state index contributed by atoms with van der Waals surface area (Å²) in [5, 5.41) is 9.24. The Morgan fingerprint density at radius 2 is 2.26 bits per heavy atom. The highest BCUT2D eigenvalue weighted by Gasteiger charge is 2.45. The number of aliphatic carboxylic acids is 1. The summed E-state index contributed by atoms with van der Waals surface area (Å²) >= 11 is 6.67. The number of alkyl halides is 2. The van der Waals surface area contributed by atoms with Crippen molar-refractivity contribution in [3.05, 3.63) is 27.9 Å². The lowest BCUT2D eigenvalue weighted by atomic mass is 9.89. The summed E-state index contributed by atoms with van der Waals surface area (Å²) in [6, 6.07) is -0.313. The minimum atomic E-state index is -0.993. The number of aromatic nitrogens is 2. The first kappa shape index (κ1) is 18.1. The predicted octanol–water partition coefficient (Wildman–Crippen LogP) is 1.91. The summed E-state index contributed by atoms with van der Waals surface area (Å²) in [5.74, 6) is -1.26. The van der Waals surface area contributed by atoms with E-state index < -0.39 is 26.6 Å². The van der Waals surface area contributed by atoms with Gasteiger partial charge in [-0.05, 0) is 20.3 Å². The Kier molecular flexibility index (Phi) is 5.30. The van der Waals surface area contributed by atoms with E-state index in [1.807, 2.05) is 0 Å². The van der Waals surface area contributed by atoms with E-state index in [1.165, 1.54) is 10.8 Å². The Labute approximate surface area is 149 Å². The number of rotatable bonds is 4. The zero-order chi connectivity index (χ0) is 17.4. The monoisotopic (exact) mass is 450 g/mol. The molecular weight excluding hydrogens is 436 g/mol. The van der Waals surface area contributed by atoms with Crippen molar-refractivity contribution in [2.45, 2.75) is 41.9 Å². The van der Waals surface area contributed by atoms with Gasteiger partial charge in [0.25, 0.3) is 5.56 Å². The van der Waals surface area contributed by atoms with Gasteiger partial charge >= 0.3 is 11.9 Å². The quantitative estimate of drug-likeness (QED) is 0.554. The van der Waals surface area contributed by atoms with E-state index in [2.05, 4.69) is 36.8 Å². The summed E-state index contributed by atoms with van der Waals surface area (Å²) in [4.78, 5) is 39.0. The van der Waals surface area contributed by atoms with Gasteiger partial charge < -0.3 is 9.84 Å². The predicted molar refractivity (Wildman–Crippen MR) is 89.5 cm³/mol.